The van der Waals surface area contributed by atoms with Crippen molar-refractivity contribution in [2.45, 2.75) is 13.5 Å². The average Bonchev–Trinajstić information content (AvgIpc) is 3.08. The van der Waals surface area contributed by atoms with Crippen LogP contribution in [0.3, 0.4) is 0 Å². The molecule has 1 aromatic carbocycles. The van der Waals surface area contributed by atoms with E-state index < -0.39 is 5.97 Å². The Labute approximate surface area is 151 Å². The summed E-state index contributed by atoms with van der Waals surface area (Å²) in [5.74, 6) is -0.880. The van der Waals surface area contributed by atoms with Crippen LogP contribution in [-0.4, -0.2) is 42.0 Å². The molecule has 0 fully saturated rings. The van der Waals surface area contributed by atoms with E-state index in [9.17, 15) is 9.59 Å². The molecule has 0 aliphatic carbocycles. The van der Waals surface area contributed by atoms with E-state index in [-0.39, 0.29) is 18.2 Å². The van der Waals surface area contributed by atoms with Crippen molar-refractivity contribution >= 4 is 28.3 Å². The number of ether oxygens (including phenoxy) is 1. The zero-order valence-electron chi connectivity index (χ0n) is 14.3. The van der Waals surface area contributed by atoms with Gasteiger partial charge in [0.25, 0.3) is 5.91 Å². The van der Waals surface area contributed by atoms with Crippen molar-refractivity contribution in [3.8, 4) is 0 Å². The first-order chi connectivity index (χ1) is 12.0. The second-order valence-electron chi connectivity index (χ2n) is 5.52. The summed E-state index contributed by atoms with van der Waals surface area (Å²) in [6, 6.07) is 7.93. The second kappa shape index (κ2) is 8.98. The lowest BCUT2D eigenvalue weighted by Crippen LogP contribution is -2.30. The number of amides is 1. The van der Waals surface area contributed by atoms with Crippen LogP contribution in [0.25, 0.3) is 0 Å². The molecule has 6 nitrogen and oxygen atoms in total. The normalized spacial score (nSPS) is 10.2. The molecular formula is C18H21N3O3S. The van der Waals surface area contributed by atoms with E-state index in [1.165, 1.54) is 16.2 Å². The highest BCUT2D eigenvalue weighted by Gasteiger charge is 2.16. The number of carbonyl (C=O) groups is 2. The van der Waals surface area contributed by atoms with E-state index in [0.29, 0.717) is 18.2 Å². The van der Waals surface area contributed by atoms with Crippen molar-refractivity contribution in [2.75, 3.05) is 25.5 Å². The minimum atomic E-state index is -0.611. The lowest BCUT2D eigenvalue weighted by molar-refractivity contribution is -0.133. The van der Waals surface area contributed by atoms with E-state index in [1.807, 2.05) is 31.2 Å². The van der Waals surface area contributed by atoms with Crippen molar-refractivity contribution < 1.29 is 14.3 Å². The molecule has 2 rings (SSSR count). The number of nitrogens with zero attached hydrogens (tertiary/aromatic N) is 2. The molecule has 0 saturated carbocycles. The van der Waals surface area contributed by atoms with Crippen molar-refractivity contribution in [1.82, 2.24) is 9.88 Å². The number of anilines is 1. The number of hydrogen-bond donors (Lipinski definition) is 1. The van der Waals surface area contributed by atoms with Gasteiger partial charge in [0.15, 0.2) is 17.4 Å². The first kappa shape index (κ1) is 18.7. The third kappa shape index (κ3) is 5.72. The number of aryl methyl sites for hydroxylation is 1. The van der Waals surface area contributed by atoms with E-state index in [1.54, 1.807) is 18.5 Å². The highest BCUT2D eigenvalue weighted by molar-refractivity contribution is 7.13. The Morgan fingerprint density at radius 3 is 2.76 bits per heavy atom. The first-order valence-electron chi connectivity index (χ1n) is 7.76. The van der Waals surface area contributed by atoms with Gasteiger partial charge in [0, 0.05) is 25.5 Å². The van der Waals surface area contributed by atoms with Crippen LogP contribution in [0.1, 0.15) is 21.6 Å². The molecule has 1 amide bonds. The second-order valence-corrected chi connectivity index (χ2v) is 6.38. The smallest absolute Gasteiger partial charge is 0.358 e. The standard InChI is InChI=1S/C18H21N3O3S/c1-4-9-19-18-20-15(12-25-18)17(23)24-11-16(22)21(3)10-14-7-5-13(2)6-8-14/h4-8,12H,1,9-11H2,2-3H3,(H,19,20). The molecule has 2 aromatic rings. The third-order valence-electron chi connectivity index (χ3n) is 3.40. The molecule has 1 heterocycles. The quantitative estimate of drug-likeness (QED) is 0.580. The lowest BCUT2D eigenvalue weighted by Gasteiger charge is -2.17. The van der Waals surface area contributed by atoms with Gasteiger partial charge in [0.05, 0.1) is 0 Å². The highest BCUT2D eigenvalue weighted by Crippen LogP contribution is 2.16. The molecule has 132 valence electrons. The van der Waals surface area contributed by atoms with Gasteiger partial charge in [-0.05, 0) is 12.5 Å². The predicted octanol–water partition coefficient (Wildman–Crippen LogP) is 2.86. The number of rotatable bonds is 8. The third-order valence-corrected chi connectivity index (χ3v) is 4.20. The van der Waals surface area contributed by atoms with Gasteiger partial charge in [0.1, 0.15) is 0 Å². The fourth-order valence-corrected chi connectivity index (χ4v) is 2.67. The maximum atomic E-state index is 12.1. The monoisotopic (exact) mass is 359 g/mol. The number of benzene rings is 1. The molecule has 0 atom stereocenters. The molecule has 0 radical (unpaired) electrons. The number of thiazole rings is 1. The number of esters is 1. The van der Waals surface area contributed by atoms with Gasteiger partial charge in [-0.2, -0.15) is 0 Å². The van der Waals surface area contributed by atoms with Gasteiger partial charge in [-0.1, -0.05) is 35.9 Å². The lowest BCUT2D eigenvalue weighted by atomic mass is 10.1. The van der Waals surface area contributed by atoms with Gasteiger partial charge in [-0.25, -0.2) is 9.78 Å². The summed E-state index contributed by atoms with van der Waals surface area (Å²) in [6.07, 6.45) is 1.70. The zero-order chi connectivity index (χ0) is 18.2. The molecule has 0 bridgehead atoms. The molecule has 25 heavy (non-hydrogen) atoms. The fourth-order valence-electron chi connectivity index (χ4n) is 1.98. The minimum Gasteiger partial charge on any atom is -0.451 e. The number of carbonyl (C=O) groups excluding carboxylic acids is 2. The van der Waals surface area contributed by atoms with Gasteiger partial charge in [-0.3, -0.25) is 4.79 Å². The van der Waals surface area contributed by atoms with Crippen LogP contribution in [0.15, 0.2) is 42.3 Å². The van der Waals surface area contributed by atoms with Crippen LogP contribution in [0.2, 0.25) is 0 Å². The van der Waals surface area contributed by atoms with Crippen LogP contribution in [-0.2, 0) is 16.1 Å². The number of nitrogens with one attached hydrogen (secondary N) is 1. The molecule has 0 spiro atoms. The van der Waals surface area contributed by atoms with Crippen LogP contribution in [0.5, 0.6) is 0 Å². The van der Waals surface area contributed by atoms with Crippen LogP contribution < -0.4 is 5.32 Å². The summed E-state index contributed by atoms with van der Waals surface area (Å²) in [7, 11) is 1.68. The Hall–Kier alpha value is -2.67. The summed E-state index contributed by atoms with van der Waals surface area (Å²) < 4.78 is 5.05. The van der Waals surface area contributed by atoms with Crippen molar-refractivity contribution in [2.24, 2.45) is 0 Å². The highest BCUT2D eigenvalue weighted by atomic mass is 32.1. The fraction of sp³-hybridized carbons (Fsp3) is 0.278. The summed E-state index contributed by atoms with van der Waals surface area (Å²) in [6.45, 7) is 6.32. The summed E-state index contributed by atoms with van der Waals surface area (Å²) in [4.78, 5) is 29.7. The van der Waals surface area contributed by atoms with E-state index in [2.05, 4.69) is 16.9 Å². The van der Waals surface area contributed by atoms with E-state index in [0.717, 1.165) is 11.1 Å². The minimum absolute atomic E-state index is 0.186. The number of hydrogen-bond acceptors (Lipinski definition) is 6. The first-order valence-corrected chi connectivity index (χ1v) is 8.64. The molecule has 0 aliphatic rings. The zero-order valence-corrected chi connectivity index (χ0v) is 15.1. The number of likely N-dealkylation sites (N-methyl/N-ethyl adjacent to an activating group) is 1. The maximum absolute atomic E-state index is 12.1. The van der Waals surface area contributed by atoms with Gasteiger partial charge in [-0.15, -0.1) is 17.9 Å². The Morgan fingerprint density at radius 2 is 2.08 bits per heavy atom. The summed E-state index contributed by atoms with van der Waals surface area (Å²) >= 11 is 1.30. The SMILES string of the molecule is C=CCNc1nc(C(=O)OCC(=O)N(C)Cc2ccc(C)cc2)cs1. The largest absolute Gasteiger partial charge is 0.451 e. The van der Waals surface area contributed by atoms with E-state index in [4.69, 9.17) is 4.74 Å². The molecule has 0 unspecified atom stereocenters. The average molecular weight is 359 g/mol. The topological polar surface area (TPSA) is 71.5 Å². The Balaban J connectivity index is 1.81. The van der Waals surface area contributed by atoms with Gasteiger partial charge in [0.2, 0.25) is 0 Å². The molecule has 7 heteroatoms. The van der Waals surface area contributed by atoms with Crippen LogP contribution in [0.4, 0.5) is 5.13 Å². The summed E-state index contributed by atoms with van der Waals surface area (Å²) in [5.41, 5.74) is 2.37. The predicted molar refractivity (Wildman–Crippen MR) is 98.7 cm³/mol. The van der Waals surface area contributed by atoms with Crippen molar-refractivity contribution in [3.05, 3.63) is 59.1 Å². The molecule has 0 saturated heterocycles. The molecule has 0 aliphatic heterocycles. The van der Waals surface area contributed by atoms with Gasteiger partial charge >= 0.3 is 5.97 Å². The molecule has 1 aromatic heterocycles. The molecule has 1 N–H and O–H groups in total. The Bertz CT molecular complexity index is 740. The molecular weight excluding hydrogens is 338 g/mol. The Kier molecular flexibility index (Phi) is 6.71. The van der Waals surface area contributed by atoms with Crippen LogP contribution in [0, 0.1) is 6.92 Å². The number of aromatic nitrogens is 1. The Morgan fingerprint density at radius 1 is 1.36 bits per heavy atom. The summed E-state index contributed by atoms with van der Waals surface area (Å²) in [5, 5.41) is 5.19. The van der Waals surface area contributed by atoms with Gasteiger partial charge < -0.3 is 15.0 Å². The van der Waals surface area contributed by atoms with Crippen molar-refractivity contribution in [3.63, 3.8) is 0 Å². The maximum Gasteiger partial charge on any atom is 0.358 e. The van der Waals surface area contributed by atoms with E-state index >= 15 is 0 Å². The van der Waals surface area contributed by atoms with Crippen molar-refractivity contribution in [1.29, 1.82) is 0 Å². The van der Waals surface area contributed by atoms with Crippen LogP contribution >= 0.6 is 11.3 Å².